The fourth-order valence-corrected chi connectivity index (χ4v) is 5.29. The van der Waals surface area contributed by atoms with E-state index in [1.807, 2.05) is 41.3 Å². The molecule has 5 rings (SSSR count). The van der Waals surface area contributed by atoms with Crippen LogP contribution in [0.5, 0.6) is 5.75 Å². The van der Waals surface area contributed by atoms with E-state index in [1.165, 1.54) is 0 Å². The number of nitrogens with one attached hydrogen (secondary N) is 1. The van der Waals surface area contributed by atoms with Crippen molar-refractivity contribution in [1.82, 2.24) is 14.9 Å². The summed E-state index contributed by atoms with van der Waals surface area (Å²) >= 11 is 1.61. The van der Waals surface area contributed by atoms with Gasteiger partial charge in [-0.05, 0) is 17.7 Å². The summed E-state index contributed by atoms with van der Waals surface area (Å²) in [6.07, 6.45) is 2.00. The number of carbonyl (C=O) groups excluding carboxylic acids is 1. The number of benzene rings is 2. The van der Waals surface area contributed by atoms with Crippen LogP contribution in [0.1, 0.15) is 6.42 Å². The van der Waals surface area contributed by atoms with Gasteiger partial charge in [0.2, 0.25) is 5.91 Å². The van der Waals surface area contributed by atoms with E-state index in [0.717, 1.165) is 51.7 Å². The van der Waals surface area contributed by atoms with Crippen LogP contribution in [0, 0.1) is 0 Å². The van der Waals surface area contributed by atoms with Crippen molar-refractivity contribution in [2.45, 2.75) is 6.42 Å². The lowest BCUT2D eigenvalue weighted by molar-refractivity contribution is -0.131. The summed E-state index contributed by atoms with van der Waals surface area (Å²) in [6.45, 7) is 3.53. The van der Waals surface area contributed by atoms with E-state index in [9.17, 15) is 4.79 Å². The molecular formula is C26H27N5O2S. The predicted octanol–water partition coefficient (Wildman–Crippen LogP) is 4.52. The highest BCUT2D eigenvalue weighted by molar-refractivity contribution is 7.17. The van der Waals surface area contributed by atoms with Gasteiger partial charge in [0.1, 0.15) is 22.7 Å². The van der Waals surface area contributed by atoms with E-state index in [2.05, 4.69) is 43.8 Å². The second-order valence-corrected chi connectivity index (χ2v) is 8.99. The highest BCUT2D eigenvalue weighted by atomic mass is 32.1. The molecule has 0 spiro atoms. The van der Waals surface area contributed by atoms with Crippen LogP contribution in [0.2, 0.25) is 0 Å². The van der Waals surface area contributed by atoms with Crippen LogP contribution in [0.15, 0.2) is 66.3 Å². The van der Waals surface area contributed by atoms with Crippen LogP contribution >= 0.6 is 11.3 Å². The molecule has 1 amide bonds. The summed E-state index contributed by atoms with van der Waals surface area (Å²) in [6, 6.07) is 18.3. The maximum Gasteiger partial charge on any atom is 0.224 e. The number of methoxy groups -OCH3 is 1. The second kappa shape index (κ2) is 10.1. The molecule has 174 valence electrons. The third-order valence-electron chi connectivity index (χ3n) is 6.14. The van der Waals surface area contributed by atoms with Crippen LogP contribution in [0.3, 0.4) is 0 Å². The van der Waals surface area contributed by atoms with Gasteiger partial charge in [0.15, 0.2) is 0 Å². The van der Waals surface area contributed by atoms with Crippen molar-refractivity contribution in [2.75, 3.05) is 50.1 Å². The molecule has 1 N–H and O–H groups in total. The zero-order valence-electron chi connectivity index (χ0n) is 19.1. The Labute approximate surface area is 203 Å². The molecule has 1 fully saturated rings. The van der Waals surface area contributed by atoms with Gasteiger partial charge in [-0.25, -0.2) is 9.97 Å². The number of nitrogens with zero attached hydrogens (tertiary/aromatic N) is 4. The average molecular weight is 474 g/mol. The van der Waals surface area contributed by atoms with Crippen molar-refractivity contribution in [3.8, 4) is 16.9 Å². The fourth-order valence-electron chi connectivity index (χ4n) is 4.37. The number of para-hydroxylation sites is 2. The first-order valence-corrected chi connectivity index (χ1v) is 12.3. The summed E-state index contributed by atoms with van der Waals surface area (Å²) in [7, 11) is 1.69. The molecule has 1 saturated heterocycles. The molecule has 0 saturated carbocycles. The Morgan fingerprint density at radius 1 is 1.03 bits per heavy atom. The number of hydrogen-bond acceptors (Lipinski definition) is 7. The highest BCUT2D eigenvalue weighted by Gasteiger charge is 2.22. The smallest absolute Gasteiger partial charge is 0.224 e. The first kappa shape index (κ1) is 22.2. The van der Waals surface area contributed by atoms with Crippen LogP contribution in [0.4, 0.5) is 11.5 Å². The summed E-state index contributed by atoms with van der Waals surface area (Å²) < 4.78 is 5.49. The third-order valence-corrected chi connectivity index (χ3v) is 7.03. The minimum atomic E-state index is 0.158. The van der Waals surface area contributed by atoms with Crippen molar-refractivity contribution in [3.63, 3.8) is 0 Å². The Balaban J connectivity index is 1.19. The molecule has 3 heterocycles. The number of aromatic nitrogens is 2. The average Bonchev–Trinajstić information content (AvgIpc) is 3.34. The van der Waals surface area contributed by atoms with E-state index in [4.69, 9.17) is 4.74 Å². The molecule has 2 aromatic carbocycles. The number of amides is 1. The lowest BCUT2D eigenvalue weighted by Gasteiger charge is -2.36. The van der Waals surface area contributed by atoms with Crippen molar-refractivity contribution >= 4 is 39.0 Å². The van der Waals surface area contributed by atoms with Crippen LogP contribution in [-0.2, 0) is 4.79 Å². The quantitative estimate of drug-likeness (QED) is 0.426. The topological polar surface area (TPSA) is 70.6 Å². The molecule has 1 aliphatic heterocycles. The highest BCUT2D eigenvalue weighted by Crippen LogP contribution is 2.36. The molecule has 8 heteroatoms. The number of fused-ring (bicyclic) bond motifs is 1. The maximum absolute atomic E-state index is 12.9. The van der Waals surface area contributed by atoms with Gasteiger partial charge in [-0.1, -0.05) is 42.5 Å². The van der Waals surface area contributed by atoms with Gasteiger partial charge in [-0.2, -0.15) is 0 Å². The Morgan fingerprint density at radius 3 is 2.59 bits per heavy atom. The summed E-state index contributed by atoms with van der Waals surface area (Å²) in [5.74, 6) is 1.80. The minimum Gasteiger partial charge on any atom is -0.495 e. The number of carbonyl (C=O) groups is 1. The lowest BCUT2D eigenvalue weighted by Crippen LogP contribution is -2.49. The molecule has 0 atom stereocenters. The van der Waals surface area contributed by atoms with Gasteiger partial charge in [0.05, 0.1) is 18.2 Å². The Bertz CT molecular complexity index is 1270. The van der Waals surface area contributed by atoms with E-state index in [1.54, 1.807) is 24.8 Å². The molecule has 0 unspecified atom stereocenters. The van der Waals surface area contributed by atoms with Gasteiger partial charge >= 0.3 is 0 Å². The Kier molecular flexibility index (Phi) is 6.58. The minimum absolute atomic E-state index is 0.158. The van der Waals surface area contributed by atoms with Gasteiger partial charge in [-0.3, -0.25) is 4.79 Å². The van der Waals surface area contributed by atoms with E-state index >= 15 is 0 Å². The zero-order valence-corrected chi connectivity index (χ0v) is 19.9. The number of rotatable bonds is 7. The van der Waals surface area contributed by atoms with Crippen molar-refractivity contribution in [2.24, 2.45) is 0 Å². The van der Waals surface area contributed by atoms with E-state index < -0.39 is 0 Å². The first-order chi connectivity index (χ1) is 16.7. The normalized spacial score (nSPS) is 13.8. The molecule has 0 aliphatic carbocycles. The monoisotopic (exact) mass is 473 g/mol. The number of piperazine rings is 1. The Morgan fingerprint density at radius 2 is 1.79 bits per heavy atom. The fraction of sp³-hybridized carbons (Fsp3) is 0.269. The standard InChI is InChI=1S/C26H27N5O2S/c1-33-22-10-6-5-9-21(22)30-13-15-31(16-14-30)23(32)11-12-27-25-24-20(19-7-3-2-4-8-19)17-34-26(24)29-18-28-25/h2-10,17-18H,11-16H2,1H3,(H,27,28,29). The third kappa shape index (κ3) is 4.54. The number of ether oxygens (including phenoxy) is 1. The van der Waals surface area contributed by atoms with Crippen molar-refractivity contribution < 1.29 is 9.53 Å². The summed E-state index contributed by atoms with van der Waals surface area (Å²) in [5, 5.41) is 6.51. The molecule has 2 aromatic heterocycles. The van der Waals surface area contributed by atoms with Gasteiger partial charge in [0.25, 0.3) is 0 Å². The largest absolute Gasteiger partial charge is 0.495 e. The molecular weight excluding hydrogens is 446 g/mol. The Hall–Kier alpha value is -3.65. The SMILES string of the molecule is COc1ccccc1N1CCN(C(=O)CCNc2ncnc3scc(-c4ccccc4)c23)CC1. The van der Waals surface area contributed by atoms with E-state index in [-0.39, 0.29) is 5.91 Å². The predicted molar refractivity (Wildman–Crippen MR) is 138 cm³/mol. The van der Waals surface area contributed by atoms with Gasteiger partial charge < -0.3 is 19.9 Å². The van der Waals surface area contributed by atoms with E-state index in [0.29, 0.717) is 26.1 Å². The molecule has 0 bridgehead atoms. The number of hydrogen-bond donors (Lipinski definition) is 1. The van der Waals surface area contributed by atoms with Crippen molar-refractivity contribution in [3.05, 3.63) is 66.3 Å². The van der Waals surface area contributed by atoms with Gasteiger partial charge in [-0.15, -0.1) is 11.3 Å². The molecule has 0 radical (unpaired) electrons. The molecule has 34 heavy (non-hydrogen) atoms. The zero-order chi connectivity index (χ0) is 23.3. The first-order valence-electron chi connectivity index (χ1n) is 11.4. The lowest BCUT2D eigenvalue weighted by atomic mass is 10.1. The summed E-state index contributed by atoms with van der Waals surface area (Å²) in [4.78, 5) is 26.9. The number of anilines is 2. The van der Waals surface area contributed by atoms with Crippen molar-refractivity contribution in [1.29, 1.82) is 0 Å². The van der Waals surface area contributed by atoms with Gasteiger partial charge in [0, 0.05) is 50.1 Å². The second-order valence-electron chi connectivity index (χ2n) is 8.13. The molecule has 1 aliphatic rings. The molecule has 7 nitrogen and oxygen atoms in total. The van der Waals surface area contributed by atoms with Crippen LogP contribution < -0.4 is 15.0 Å². The van der Waals surface area contributed by atoms with Crippen LogP contribution in [0.25, 0.3) is 21.3 Å². The summed E-state index contributed by atoms with van der Waals surface area (Å²) in [5.41, 5.74) is 3.33. The maximum atomic E-state index is 12.9. The van der Waals surface area contributed by atoms with Crippen LogP contribution in [-0.4, -0.2) is 60.6 Å². The number of thiophene rings is 1. The molecule has 4 aromatic rings.